The van der Waals surface area contributed by atoms with Crippen LogP contribution in [0, 0.1) is 0 Å². The Hall–Kier alpha value is -1.33. The van der Waals surface area contributed by atoms with Gasteiger partial charge in [0.15, 0.2) is 16.8 Å². The fourth-order valence-electron chi connectivity index (χ4n) is 2.30. The molecule has 0 saturated heterocycles. The number of rotatable bonds is 6. The highest BCUT2D eigenvalue weighted by molar-refractivity contribution is 7.99. The summed E-state index contributed by atoms with van der Waals surface area (Å²) >= 11 is 1.44. The molecule has 0 bridgehead atoms. The Labute approximate surface area is 132 Å². The summed E-state index contributed by atoms with van der Waals surface area (Å²) in [5.74, 6) is 6.73. The van der Waals surface area contributed by atoms with Gasteiger partial charge in [-0.25, -0.2) is 9.97 Å². The number of nitrogens with two attached hydrogens (primary N) is 2. The molecule has 0 spiro atoms. The van der Waals surface area contributed by atoms with Gasteiger partial charge < -0.3 is 31.8 Å². The smallest absolute Gasteiger partial charge is 0.191 e. The molecular formula is C12H22N6O3S. The lowest BCUT2D eigenvalue weighted by Gasteiger charge is -2.23. The van der Waals surface area contributed by atoms with E-state index in [0.29, 0.717) is 5.16 Å². The minimum Gasteiger partial charge on any atom is -0.391 e. The maximum Gasteiger partial charge on any atom is 0.191 e. The predicted octanol–water partition coefficient (Wildman–Crippen LogP) is -0.887. The highest BCUT2D eigenvalue weighted by atomic mass is 32.2. The van der Waals surface area contributed by atoms with Crippen LogP contribution in [0.5, 0.6) is 0 Å². The van der Waals surface area contributed by atoms with E-state index < -0.39 is 24.4 Å². The van der Waals surface area contributed by atoms with Gasteiger partial charge in [-0.1, -0.05) is 18.7 Å². The fourth-order valence-corrected chi connectivity index (χ4v) is 3.01. The second-order valence-corrected chi connectivity index (χ2v) is 6.20. The quantitative estimate of drug-likeness (QED) is 0.151. The standard InChI is InChI=1S/C12H22N6O3S/c1-2-3-22-12-16-10(13)8(18-14)11(17-12)15-7-5(19)4-6(20)9(7)21/h5-7,9,18-21H,2-4,14H2,1H3,(H3,13,15,16,17). The summed E-state index contributed by atoms with van der Waals surface area (Å²) in [5.41, 5.74) is 8.55. The summed E-state index contributed by atoms with van der Waals surface area (Å²) in [6.45, 7) is 2.04. The Kier molecular flexibility index (Phi) is 5.64. The lowest BCUT2D eigenvalue weighted by atomic mass is 10.2. The van der Waals surface area contributed by atoms with Crippen molar-refractivity contribution in [1.82, 2.24) is 9.97 Å². The van der Waals surface area contributed by atoms with Crippen LogP contribution in [0.15, 0.2) is 5.16 Å². The minimum absolute atomic E-state index is 0.0855. The maximum atomic E-state index is 9.93. The van der Waals surface area contributed by atoms with Crippen LogP contribution in [0.4, 0.5) is 17.3 Å². The van der Waals surface area contributed by atoms with Crippen LogP contribution in [0.1, 0.15) is 19.8 Å². The first-order valence-corrected chi connectivity index (χ1v) is 8.04. The molecule has 0 amide bonds. The lowest BCUT2D eigenvalue weighted by molar-refractivity contribution is 0.0388. The van der Waals surface area contributed by atoms with Crippen LogP contribution >= 0.6 is 11.8 Å². The van der Waals surface area contributed by atoms with Gasteiger partial charge in [0.2, 0.25) is 0 Å². The molecule has 1 fully saturated rings. The van der Waals surface area contributed by atoms with Crippen molar-refractivity contribution in [3.8, 4) is 0 Å². The van der Waals surface area contributed by atoms with Gasteiger partial charge in [0.05, 0.1) is 18.2 Å². The average Bonchev–Trinajstić information content (AvgIpc) is 2.71. The summed E-state index contributed by atoms with van der Waals surface area (Å²) in [5, 5.41) is 32.8. The zero-order valence-electron chi connectivity index (χ0n) is 12.2. The van der Waals surface area contributed by atoms with Crippen LogP contribution < -0.4 is 22.3 Å². The molecule has 0 aliphatic heterocycles. The summed E-state index contributed by atoms with van der Waals surface area (Å²) < 4.78 is 0. The highest BCUT2D eigenvalue weighted by Gasteiger charge is 2.41. The van der Waals surface area contributed by atoms with Crippen molar-refractivity contribution in [1.29, 1.82) is 0 Å². The molecule has 9 N–H and O–H groups in total. The van der Waals surface area contributed by atoms with Crippen LogP contribution in [-0.4, -0.2) is 55.4 Å². The molecule has 1 aliphatic carbocycles. The van der Waals surface area contributed by atoms with E-state index in [1.807, 2.05) is 6.92 Å². The maximum absolute atomic E-state index is 9.93. The Morgan fingerprint density at radius 1 is 1.27 bits per heavy atom. The number of hydrogen-bond acceptors (Lipinski definition) is 10. The first-order valence-electron chi connectivity index (χ1n) is 7.05. The molecule has 0 radical (unpaired) electrons. The largest absolute Gasteiger partial charge is 0.391 e. The monoisotopic (exact) mass is 330 g/mol. The van der Waals surface area contributed by atoms with Gasteiger partial charge in [-0.15, -0.1) is 0 Å². The number of nitrogen functional groups attached to an aromatic ring is 2. The Morgan fingerprint density at radius 2 is 2.00 bits per heavy atom. The first-order chi connectivity index (χ1) is 10.5. The molecule has 4 atom stereocenters. The third-order valence-electron chi connectivity index (χ3n) is 3.46. The minimum atomic E-state index is -1.11. The van der Waals surface area contributed by atoms with E-state index in [4.69, 9.17) is 11.6 Å². The Balaban J connectivity index is 2.26. The van der Waals surface area contributed by atoms with Gasteiger partial charge in [-0.3, -0.25) is 5.84 Å². The number of anilines is 3. The molecule has 1 aromatic heterocycles. The van der Waals surface area contributed by atoms with Crippen molar-refractivity contribution in [2.45, 2.75) is 49.3 Å². The van der Waals surface area contributed by atoms with Crippen molar-refractivity contribution in [2.75, 3.05) is 22.2 Å². The van der Waals surface area contributed by atoms with E-state index in [9.17, 15) is 15.3 Å². The number of aliphatic hydroxyl groups is 3. The van der Waals surface area contributed by atoms with E-state index in [1.54, 1.807) is 0 Å². The van der Waals surface area contributed by atoms with Crippen molar-refractivity contribution in [2.24, 2.45) is 5.84 Å². The lowest BCUT2D eigenvalue weighted by Crippen LogP contribution is -2.40. The third kappa shape index (κ3) is 3.52. The second-order valence-electron chi connectivity index (χ2n) is 5.14. The Bertz CT molecular complexity index is 520. The summed E-state index contributed by atoms with van der Waals surface area (Å²) in [6.07, 6.45) is -1.96. The van der Waals surface area contributed by atoms with Crippen molar-refractivity contribution < 1.29 is 15.3 Å². The summed E-state index contributed by atoms with van der Waals surface area (Å²) in [4.78, 5) is 8.46. The van der Waals surface area contributed by atoms with E-state index in [-0.39, 0.29) is 23.7 Å². The molecule has 0 aromatic carbocycles. The fraction of sp³-hybridized carbons (Fsp3) is 0.667. The van der Waals surface area contributed by atoms with Crippen LogP contribution in [0.25, 0.3) is 0 Å². The van der Waals surface area contributed by atoms with E-state index in [1.165, 1.54) is 11.8 Å². The molecule has 9 nitrogen and oxygen atoms in total. The highest BCUT2D eigenvalue weighted by Crippen LogP contribution is 2.31. The SMILES string of the molecule is CCCSc1nc(N)c(NN)c(NC2C(O)CC(O)C2O)n1. The van der Waals surface area contributed by atoms with Gasteiger partial charge in [0.1, 0.15) is 11.8 Å². The van der Waals surface area contributed by atoms with Crippen molar-refractivity contribution >= 4 is 29.1 Å². The molecule has 124 valence electrons. The molecule has 22 heavy (non-hydrogen) atoms. The molecule has 1 aromatic rings. The predicted molar refractivity (Wildman–Crippen MR) is 85.3 cm³/mol. The summed E-state index contributed by atoms with van der Waals surface area (Å²) in [7, 11) is 0. The number of hydrogen-bond donors (Lipinski definition) is 7. The molecule has 1 saturated carbocycles. The number of aromatic nitrogens is 2. The Morgan fingerprint density at radius 3 is 2.55 bits per heavy atom. The van der Waals surface area contributed by atoms with E-state index in [0.717, 1.165) is 12.2 Å². The third-order valence-corrected chi connectivity index (χ3v) is 4.51. The van der Waals surface area contributed by atoms with Gasteiger partial charge in [-0.05, 0) is 6.42 Å². The molecule has 2 rings (SSSR count). The number of nitrogens with zero attached hydrogens (tertiary/aromatic N) is 2. The van der Waals surface area contributed by atoms with E-state index in [2.05, 4.69) is 20.7 Å². The van der Waals surface area contributed by atoms with Gasteiger partial charge in [0.25, 0.3) is 0 Å². The zero-order chi connectivity index (χ0) is 16.3. The number of nitrogens with one attached hydrogen (secondary N) is 2. The van der Waals surface area contributed by atoms with Gasteiger partial charge in [-0.2, -0.15) is 0 Å². The normalized spacial score (nSPS) is 27.9. The second kappa shape index (κ2) is 7.29. The molecule has 1 aliphatic rings. The van der Waals surface area contributed by atoms with Gasteiger partial charge in [0, 0.05) is 12.2 Å². The molecular weight excluding hydrogens is 308 g/mol. The van der Waals surface area contributed by atoms with Crippen molar-refractivity contribution in [3.05, 3.63) is 0 Å². The number of thioether (sulfide) groups is 1. The van der Waals surface area contributed by atoms with Crippen LogP contribution in [0.2, 0.25) is 0 Å². The van der Waals surface area contributed by atoms with E-state index >= 15 is 0 Å². The number of aliphatic hydroxyl groups excluding tert-OH is 3. The van der Waals surface area contributed by atoms with Gasteiger partial charge >= 0.3 is 0 Å². The molecule has 1 heterocycles. The van der Waals surface area contributed by atoms with Crippen LogP contribution in [-0.2, 0) is 0 Å². The molecule has 4 unspecified atom stereocenters. The van der Waals surface area contributed by atoms with Crippen molar-refractivity contribution in [3.63, 3.8) is 0 Å². The number of hydrazine groups is 1. The topological polar surface area (TPSA) is 163 Å². The first kappa shape index (κ1) is 17.0. The van der Waals surface area contributed by atoms with Crippen LogP contribution in [0.3, 0.4) is 0 Å². The molecule has 10 heteroatoms. The zero-order valence-corrected chi connectivity index (χ0v) is 13.0. The summed E-state index contributed by atoms with van der Waals surface area (Å²) in [6, 6.07) is -0.763. The average molecular weight is 330 g/mol.